The summed E-state index contributed by atoms with van der Waals surface area (Å²) in [5.74, 6) is 2.33. The fourth-order valence-corrected chi connectivity index (χ4v) is 3.71. The second kappa shape index (κ2) is 12.2. The average Bonchev–Trinajstić information content (AvgIpc) is 2.87. The third-order valence-electron chi connectivity index (χ3n) is 5.70. The zero-order valence-corrected chi connectivity index (χ0v) is 20.2. The van der Waals surface area contributed by atoms with Crippen LogP contribution in [0.25, 0.3) is 0 Å². The van der Waals surface area contributed by atoms with E-state index in [1.54, 1.807) is 39.5 Å². The number of aliphatic hydroxyl groups excluding tert-OH is 1. The zero-order chi connectivity index (χ0) is 24.5. The van der Waals surface area contributed by atoms with E-state index >= 15 is 0 Å². The van der Waals surface area contributed by atoms with E-state index in [2.05, 4.69) is 17.6 Å². The molecular weight excluding hydrogens is 432 g/mol. The Kier molecular flexibility index (Phi) is 9.01. The van der Waals surface area contributed by atoms with Crippen molar-refractivity contribution >= 4 is 5.69 Å². The first kappa shape index (κ1) is 25.2. The molecule has 0 spiro atoms. The lowest BCUT2D eigenvalue weighted by molar-refractivity contribution is 0.170. The fraction of sp³-hybridized carbons (Fsp3) is 0.333. The summed E-state index contributed by atoms with van der Waals surface area (Å²) in [4.78, 5) is 0. The Morgan fingerprint density at radius 2 is 1.53 bits per heavy atom. The third kappa shape index (κ3) is 6.79. The summed E-state index contributed by atoms with van der Waals surface area (Å²) in [5, 5.41) is 27.6. The van der Waals surface area contributed by atoms with Gasteiger partial charge in [-0.2, -0.15) is 0 Å². The Hall–Kier alpha value is -3.42. The van der Waals surface area contributed by atoms with Gasteiger partial charge < -0.3 is 35.1 Å². The van der Waals surface area contributed by atoms with Crippen LogP contribution in [0, 0.1) is 0 Å². The van der Waals surface area contributed by atoms with Gasteiger partial charge >= 0.3 is 0 Å². The number of methoxy groups -OCH3 is 3. The van der Waals surface area contributed by atoms with Crippen molar-refractivity contribution in [2.24, 2.45) is 0 Å². The Morgan fingerprint density at radius 3 is 2.21 bits per heavy atom. The first-order chi connectivity index (χ1) is 16.4. The Morgan fingerprint density at radius 1 is 0.824 bits per heavy atom. The van der Waals surface area contributed by atoms with E-state index in [0.717, 1.165) is 28.9 Å². The number of ether oxygens (including phenoxy) is 3. The normalized spacial score (nSPS) is 12.6. The highest BCUT2D eigenvalue weighted by Crippen LogP contribution is 2.29. The largest absolute Gasteiger partial charge is 0.506 e. The minimum atomic E-state index is -0.713. The highest BCUT2D eigenvalue weighted by molar-refractivity contribution is 5.58. The Labute approximate surface area is 201 Å². The van der Waals surface area contributed by atoms with Gasteiger partial charge in [0, 0.05) is 19.1 Å². The van der Waals surface area contributed by atoms with E-state index in [-0.39, 0.29) is 11.8 Å². The number of benzene rings is 3. The molecule has 0 fully saturated rings. The van der Waals surface area contributed by atoms with E-state index in [1.165, 1.54) is 0 Å². The van der Waals surface area contributed by atoms with E-state index in [1.807, 2.05) is 42.5 Å². The summed E-state index contributed by atoms with van der Waals surface area (Å²) < 4.78 is 15.8. The smallest absolute Gasteiger partial charge is 0.160 e. The van der Waals surface area contributed by atoms with E-state index in [9.17, 15) is 10.2 Å². The highest BCUT2D eigenvalue weighted by atomic mass is 16.5. The van der Waals surface area contributed by atoms with Crippen molar-refractivity contribution in [1.29, 1.82) is 0 Å². The number of aromatic hydroxyl groups is 1. The molecule has 0 saturated heterocycles. The van der Waals surface area contributed by atoms with Gasteiger partial charge in [0.05, 0.1) is 33.1 Å². The van der Waals surface area contributed by atoms with Crippen molar-refractivity contribution in [3.8, 4) is 23.0 Å². The predicted molar refractivity (Wildman–Crippen MR) is 134 cm³/mol. The van der Waals surface area contributed by atoms with Gasteiger partial charge in [0.15, 0.2) is 11.5 Å². The second-order valence-electron chi connectivity index (χ2n) is 8.20. The van der Waals surface area contributed by atoms with Crippen molar-refractivity contribution in [2.75, 3.05) is 33.2 Å². The molecule has 3 rings (SSSR count). The lowest BCUT2D eigenvalue weighted by Gasteiger charge is -2.19. The van der Waals surface area contributed by atoms with Gasteiger partial charge in [-0.25, -0.2) is 0 Å². The summed E-state index contributed by atoms with van der Waals surface area (Å²) in [6, 6.07) is 18.8. The number of hydrogen-bond donors (Lipinski definition) is 4. The van der Waals surface area contributed by atoms with Crippen LogP contribution < -0.4 is 24.8 Å². The lowest BCUT2D eigenvalue weighted by atomic mass is 10.0. The van der Waals surface area contributed by atoms with E-state index in [0.29, 0.717) is 30.3 Å². The number of anilines is 1. The molecule has 0 saturated carbocycles. The molecule has 0 aliphatic carbocycles. The molecule has 182 valence electrons. The monoisotopic (exact) mass is 466 g/mol. The molecule has 0 aliphatic heterocycles. The fourth-order valence-electron chi connectivity index (χ4n) is 3.71. The number of nitrogens with one attached hydrogen (secondary N) is 2. The van der Waals surface area contributed by atoms with Crippen LogP contribution in [0.15, 0.2) is 60.7 Å². The van der Waals surface area contributed by atoms with Gasteiger partial charge in [0.1, 0.15) is 11.5 Å². The van der Waals surface area contributed by atoms with Crippen molar-refractivity contribution < 1.29 is 24.4 Å². The van der Waals surface area contributed by atoms with Crippen molar-refractivity contribution in [3.63, 3.8) is 0 Å². The van der Waals surface area contributed by atoms with Gasteiger partial charge in [-0.15, -0.1) is 0 Å². The molecule has 4 N–H and O–H groups in total. The number of phenols is 1. The van der Waals surface area contributed by atoms with Gasteiger partial charge in [-0.05, 0) is 66.4 Å². The molecule has 0 aromatic heterocycles. The van der Waals surface area contributed by atoms with Crippen molar-refractivity contribution in [3.05, 3.63) is 77.4 Å². The quantitative estimate of drug-likeness (QED) is 0.296. The maximum atomic E-state index is 10.7. The molecule has 0 bridgehead atoms. The molecular formula is C27H34N2O5. The molecule has 0 aliphatic rings. The SMILES string of the molecule is COc1ccc(CNc2cc(C(O)CNC(C)Cc3ccc(OC)c(OC)c3)ccc2O)cc1. The minimum absolute atomic E-state index is 0.137. The first-order valence-electron chi connectivity index (χ1n) is 11.3. The molecule has 34 heavy (non-hydrogen) atoms. The minimum Gasteiger partial charge on any atom is -0.506 e. The second-order valence-corrected chi connectivity index (χ2v) is 8.20. The number of aliphatic hydroxyl groups is 1. The molecule has 0 radical (unpaired) electrons. The van der Waals surface area contributed by atoms with Gasteiger partial charge in [-0.3, -0.25) is 0 Å². The maximum Gasteiger partial charge on any atom is 0.160 e. The van der Waals surface area contributed by atoms with Crippen LogP contribution in [0.4, 0.5) is 5.69 Å². The van der Waals surface area contributed by atoms with E-state index < -0.39 is 6.10 Å². The number of rotatable bonds is 12. The van der Waals surface area contributed by atoms with Crippen LogP contribution in [0.2, 0.25) is 0 Å². The van der Waals surface area contributed by atoms with Crippen molar-refractivity contribution in [1.82, 2.24) is 5.32 Å². The van der Waals surface area contributed by atoms with Crippen molar-refractivity contribution in [2.45, 2.75) is 32.0 Å². The molecule has 7 nitrogen and oxygen atoms in total. The Balaban J connectivity index is 1.55. The summed E-state index contributed by atoms with van der Waals surface area (Å²) in [5.41, 5.74) is 3.46. The summed E-state index contributed by atoms with van der Waals surface area (Å²) in [6.07, 6.45) is 0.0621. The highest BCUT2D eigenvalue weighted by Gasteiger charge is 2.13. The maximum absolute atomic E-state index is 10.7. The molecule has 0 amide bonds. The van der Waals surface area contributed by atoms with Crippen LogP contribution in [-0.2, 0) is 13.0 Å². The van der Waals surface area contributed by atoms with Crippen LogP contribution in [-0.4, -0.2) is 44.1 Å². The molecule has 2 unspecified atom stereocenters. The van der Waals surface area contributed by atoms with Gasteiger partial charge in [0.2, 0.25) is 0 Å². The standard InChI is InChI=1S/C27H34N2O5/c1-18(13-20-7-12-26(33-3)27(14-20)34-4)28-17-25(31)21-8-11-24(30)23(15-21)29-16-19-5-9-22(32-2)10-6-19/h5-12,14-15,18,25,28-31H,13,16-17H2,1-4H3. The molecule has 3 aromatic rings. The summed E-state index contributed by atoms with van der Waals surface area (Å²) in [6.45, 7) is 3.00. The Bertz CT molecular complexity index is 1060. The zero-order valence-electron chi connectivity index (χ0n) is 20.2. The number of hydrogen-bond acceptors (Lipinski definition) is 7. The lowest BCUT2D eigenvalue weighted by Crippen LogP contribution is -2.32. The predicted octanol–water partition coefficient (Wildman–Crippen LogP) is 4.28. The average molecular weight is 467 g/mol. The molecule has 3 aromatic carbocycles. The molecule has 7 heteroatoms. The van der Waals surface area contributed by atoms with Gasteiger partial charge in [-0.1, -0.05) is 24.3 Å². The third-order valence-corrected chi connectivity index (χ3v) is 5.70. The van der Waals surface area contributed by atoms with Crippen LogP contribution in [0.5, 0.6) is 23.0 Å². The van der Waals surface area contributed by atoms with Crippen LogP contribution in [0.3, 0.4) is 0 Å². The molecule has 2 atom stereocenters. The van der Waals surface area contributed by atoms with Gasteiger partial charge in [0.25, 0.3) is 0 Å². The summed E-state index contributed by atoms with van der Waals surface area (Å²) >= 11 is 0. The first-order valence-corrected chi connectivity index (χ1v) is 11.3. The van der Waals surface area contributed by atoms with Crippen LogP contribution in [0.1, 0.15) is 29.7 Å². The number of phenolic OH excluding ortho intramolecular Hbond substituents is 1. The molecule has 0 heterocycles. The van der Waals surface area contributed by atoms with Crippen LogP contribution >= 0.6 is 0 Å². The summed E-state index contributed by atoms with van der Waals surface area (Å²) in [7, 11) is 4.87. The topological polar surface area (TPSA) is 92.2 Å². The van der Waals surface area contributed by atoms with E-state index in [4.69, 9.17) is 14.2 Å².